The molecule has 0 spiro atoms. The Labute approximate surface area is 105 Å². The average Bonchev–Trinajstić information content (AvgIpc) is 2.61. The molecular weight excluding hydrogens is 242 g/mol. The van der Waals surface area contributed by atoms with Gasteiger partial charge in [-0.1, -0.05) is 0 Å². The van der Waals surface area contributed by atoms with E-state index < -0.39 is 11.9 Å². The topological polar surface area (TPSA) is 81.7 Å². The van der Waals surface area contributed by atoms with Gasteiger partial charge < -0.3 is 20.6 Å². The summed E-state index contributed by atoms with van der Waals surface area (Å²) in [5, 5.41) is 15.2. The van der Waals surface area contributed by atoms with Crippen molar-refractivity contribution in [3.63, 3.8) is 0 Å². The van der Waals surface area contributed by atoms with Gasteiger partial charge in [-0.15, -0.1) is 0 Å². The van der Waals surface area contributed by atoms with Crippen LogP contribution in [0.5, 0.6) is 0 Å². The molecule has 3 N–H and O–H groups in total. The Morgan fingerprint density at radius 1 is 1.59 bits per heavy atom. The average molecular weight is 259 g/mol. The first-order valence-electron chi connectivity index (χ1n) is 5.56. The van der Waals surface area contributed by atoms with Gasteiger partial charge in [-0.3, -0.25) is 9.59 Å². The first kappa shape index (κ1) is 13.7. The molecule has 1 aliphatic rings. The van der Waals surface area contributed by atoms with Crippen molar-refractivity contribution in [3.05, 3.63) is 0 Å². The molecule has 1 rings (SSSR count). The summed E-state index contributed by atoms with van der Waals surface area (Å²) in [5.74, 6) is -1.58. The molecule has 96 valence electrons. The predicted molar refractivity (Wildman–Crippen MR) is 66.6 cm³/mol. The van der Waals surface area contributed by atoms with Crippen molar-refractivity contribution in [2.24, 2.45) is 5.92 Å². The number of nitrogens with one attached hydrogen (secondary N) is 2. The quantitative estimate of drug-likeness (QED) is 0.572. The third kappa shape index (κ3) is 4.18. The summed E-state index contributed by atoms with van der Waals surface area (Å²) in [5.41, 5.74) is 0. The highest BCUT2D eigenvalue weighted by atomic mass is 32.1. The Kier molecular flexibility index (Phi) is 5.14. The highest BCUT2D eigenvalue weighted by Crippen LogP contribution is 2.16. The fourth-order valence-corrected chi connectivity index (χ4v) is 1.93. The maximum Gasteiger partial charge on any atom is 0.308 e. The highest BCUT2D eigenvalue weighted by Gasteiger charge is 2.33. The molecular formula is C10H17N3O3S. The number of hydrogen-bond donors (Lipinski definition) is 3. The lowest BCUT2D eigenvalue weighted by Crippen LogP contribution is -2.40. The maximum absolute atomic E-state index is 11.5. The number of carboxylic acid groups (broad SMARTS) is 1. The molecule has 0 bridgehead atoms. The van der Waals surface area contributed by atoms with E-state index in [-0.39, 0.29) is 12.3 Å². The van der Waals surface area contributed by atoms with Crippen molar-refractivity contribution in [2.45, 2.75) is 13.3 Å². The molecule has 1 atom stereocenters. The monoisotopic (exact) mass is 259 g/mol. The van der Waals surface area contributed by atoms with E-state index in [2.05, 4.69) is 10.6 Å². The molecule has 7 heteroatoms. The first-order chi connectivity index (χ1) is 8.04. The summed E-state index contributed by atoms with van der Waals surface area (Å²) in [6.07, 6.45) is 0.104. The second kappa shape index (κ2) is 6.39. The van der Waals surface area contributed by atoms with Crippen LogP contribution in [0, 0.1) is 5.92 Å². The number of carbonyl (C=O) groups excluding carboxylic acids is 1. The standard InChI is InChI=1S/C10H17N3O3S/c1-2-11-10(17)12-3-4-13-6-7(9(15)16)5-8(13)14/h7H,2-6H2,1H3,(H,15,16)(H2,11,12,17). The summed E-state index contributed by atoms with van der Waals surface area (Å²) >= 11 is 4.97. The Hall–Kier alpha value is -1.37. The van der Waals surface area contributed by atoms with Crippen LogP contribution in [0.2, 0.25) is 0 Å². The molecule has 1 aliphatic heterocycles. The fourth-order valence-electron chi connectivity index (χ4n) is 1.68. The zero-order valence-corrected chi connectivity index (χ0v) is 10.5. The molecule has 0 radical (unpaired) electrons. The molecule has 0 aliphatic carbocycles. The number of carbonyl (C=O) groups is 2. The van der Waals surface area contributed by atoms with E-state index >= 15 is 0 Å². The summed E-state index contributed by atoms with van der Waals surface area (Å²) in [4.78, 5) is 23.8. The highest BCUT2D eigenvalue weighted by molar-refractivity contribution is 7.80. The van der Waals surface area contributed by atoms with Crippen molar-refractivity contribution >= 4 is 29.2 Å². The Morgan fingerprint density at radius 2 is 2.29 bits per heavy atom. The van der Waals surface area contributed by atoms with E-state index in [4.69, 9.17) is 17.3 Å². The van der Waals surface area contributed by atoms with Crippen LogP contribution < -0.4 is 10.6 Å². The lowest BCUT2D eigenvalue weighted by molar-refractivity contribution is -0.141. The SMILES string of the molecule is CCNC(=S)NCCN1CC(C(=O)O)CC1=O. The van der Waals surface area contributed by atoms with Crippen molar-refractivity contribution in [2.75, 3.05) is 26.2 Å². The minimum Gasteiger partial charge on any atom is -0.481 e. The number of aliphatic carboxylic acids is 1. The molecule has 1 saturated heterocycles. The van der Waals surface area contributed by atoms with Crippen LogP contribution in [0.25, 0.3) is 0 Å². The van der Waals surface area contributed by atoms with Gasteiger partial charge in [0.15, 0.2) is 5.11 Å². The molecule has 6 nitrogen and oxygen atoms in total. The van der Waals surface area contributed by atoms with Gasteiger partial charge in [0.2, 0.25) is 5.91 Å². The number of hydrogen-bond acceptors (Lipinski definition) is 3. The van der Waals surface area contributed by atoms with E-state index in [9.17, 15) is 9.59 Å². The largest absolute Gasteiger partial charge is 0.481 e. The van der Waals surface area contributed by atoms with Crippen molar-refractivity contribution in [1.29, 1.82) is 0 Å². The van der Waals surface area contributed by atoms with Gasteiger partial charge in [0.1, 0.15) is 0 Å². The summed E-state index contributed by atoms with van der Waals surface area (Å²) < 4.78 is 0. The van der Waals surface area contributed by atoms with Gasteiger partial charge in [0, 0.05) is 32.6 Å². The van der Waals surface area contributed by atoms with Crippen molar-refractivity contribution in [1.82, 2.24) is 15.5 Å². The van der Waals surface area contributed by atoms with Crippen LogP contribution >= 0.6 is 12.2 Å². The lowest BCUT2D eigenvalue weighted by Gasteiger charge is -2.17. The van der Waals surface area contributed by atoms with E-state index in [0.29, 0.717) is 24.7 Å². The number of carboxylic acids is 1. The van der Waals surface area contributed by atoms with Crippen LogP contribution in [-0.2, 0) is 9.59 Å². The molecule has 17 heavy (non-hydrogen) atoms. The molecule has 1 heterocycles. The Balaban J connectivity index is 2.26. The van der Waals surface area contributed by atoms with E-state index in [1.807, 2.05) is 6.92 Å². The van der Waals surface area contributed by atoms with Crippen LogP contribution in [0.4, 0.5) is 0 Å². The predicted octanol–water partition coefficient (Wildman–Crippen LogP) is -0.596. The van der Waals surface area contributed by atoms with Crippen molar-refractivity contribution < 1.29 is 14.7 Å². The molecule has 0 saturated carbocycles. The number of rotatable bonds is 5. The molecule has 1 unspecified atom stereocenters. The minimum absolute atomic E-state index is 0.103. The first-order valence-corrected chi connectivity index (χ1v) is 5.97. The fraction of sp³-hybridized carbons (Fsp3) is 0.700. The van der Waals surface area contributed by atoms with Crippen LogP contribution in [0.3, 0.4) is 0 Å². The Bertz CT molecular complexity index is 322. The minimum atomic E-state index is -0.906. The number of thiocarbonyl (C=S) groups is 1. The number of nitrogens with zero attached hydrogens (tertiary/aromatic N) is 1. The van der Waals surface area contributed by atoms with Gasteiger partial charge in [-0.05, 0) is 19.1 Å². The maximum atomic E-state index is 11.5. The number of likely N-dealkylation sites (tertiary alicyclic amines) is 1. The van der Waals surface area contributed by atoms with Gasteiger partial charge >= 0.3 is 5.97 Å². The lowest BCUT2D eigenvalue weighted by atomic mass is 10.1. The van der Waals surface area contributed by atoms with Crippen LogP contribution in [0.15, 0.2) is 0 Å². The number of amides is 1. The van der Waals surface area contributed by atoms with Gasteiger partial charge in [-0.25, -0.2) is 0 Å². The molecule has 0 aromatic carbocycles. The summed E-state index contributed by atoms with van der Waals surface area (Å²) in [6.45, 7) is 3.99. The van der Waals surface area contributed by atoms with Crippen LogP contribution in [0.1, 0.15) is 13.3 Å². The third-order valence-electron chi connectivity index (χ3n) is 2.57. The molecule has 1 fully saturated rings. The smallest absolute Gasteiger partial charge is 0.308 e. The third-order valence-corrected chi connectivity index (χ3v) is 2.86. The van der Waals surface area contributed by atoms with Gasteiger partial charge in [-0.2, -0.15) is 0 Å². The van der Waals surface area contributed by atoms with E-state index in [1.165, 1.54) is 0 Å². The molecule has 0 aromatic heterocycles. The van der Waals surface area contributed by atoms with Gasteiger partial charge in [0.25, 0.3) is 0 Å². The van der Waals surface area contributed by atoms with Crippen molar-refractivity contribution in [3.8, 4) is 0 Å². The summed E-state index contributed by atoms with van der Waals surface area (Å²) in [6, 6.07) is 0. The summed E-state index contributed by atoms with van der Waals surface area (Å²) in [7, 11) is 0. The normalized spacial score (nSPS) is 19.2. The van der Waals surface area contributed by atoms with Crippen LogP contribution in [-0.4, -0.2) is 53.2 Å². The van der Waals surface area contributed by atoms with E-state index in [1.54, 1.807) is 4.90 Å². The van der Waals surface area contributed by atoms with E-state index in [0.717, 1.165) is 6.54 Å². The second-order valence-corrected chi connectivity index (χ2v) is 4.27. The molecule has 0 aromatic rings. The van der Waals surface area contributed by atoms with Gasteiger partial charge in [0.05, 0.1) is 5.92 Å². The molecule has 1 amide bonds. The second-order valence-electron chi connectivity index (χ2n) is 3.87. The zero-order chi connectivity index (χ0) is 12.8. The Morgan fingerprint density at radius 3 is 2.82 bits per heavy atom. The zero-order valence-electron chi connectivity index (χ0n) is 9.73.